The van der Waals surface area contributed by atoms with E-state index in [9.17, 15) is 0 Å². The molecule has 0 spiro atoms. The molecule has 26 heavy (non-hydrogen) atoms. The Morgan fingerprint density at radius 1 is 0.769 bits per heavy atom. The van der Waals surface area contributed by atoms with E-state index in [1.165, 1.54) is 47.9 Å². The zero-order valence-corrected chi connectivity index (χ0v) is 18.0. The number of hydrogen-bond donors (Lipinski definition) is 1. The number of benzene rings is 2. The van der Waals surface area contributed by atoms with E-state index in [1.54, 1.807) is 11.1 Å². The van der Waals surface area contributed by atoms with Gasteiger partial charge in [-0.3, -0.25) is 5.09 Å². The predicted octanol–water partition coefficient (Wildman–Crippen LogP) is 7.28. The van der Waals surface area contributed by atoms with Gasteiger partial charge in [-0.15, -0.1) is 0 Å². The highest BCUT2D eigenvalue weighted by molar-refractivity contribution is 7.56. The van der Waals surface area contributed by atoms with Crippen LogP contribution in [-0.2, 0) is 0 Å². The van der Waals surface area contributed by atoms with Crippen LogP contribution in [0.25, 0.3) is 0 Å². The average molecular weight is 368 g/mol. The molecular weight excluding hydrogens is 333 g/mol. The van der Waals surface area contributed by atoms with Crippen molar-refractivity contribution in [1.29, 1.82) is 0 Å². The third-order valence-electron chi connectivity index (χ3n) is 5.47. The first-order valence-electron chi connectivity index (χ1n) is 10.2. The maximum atomic E-state index is 4.02. The lowest BCUT2D eigenvalue weighted by atomic mass is 9.99. The van der Waals surface area contributed by atoms with Crippen LogP contribution in [0.2, 0.25) is 0 Å². The second-order valence-electron chi connectivity index (χ2n) is 8.12. The number of rotatable bonds is 6. The molecular formula is C24H34NP. The number of nitrogens with one attached hydrogen (secondary N) is 1. The maximum absolute atomic E-state index is 4.02. The smallest absolute Gasteiger partial charge is 0.0178 e. The van der Waals surface area contributed by atoms with Gasteiger partial charge >= 0.3 is 0 Å². The molecule has 0 radical (unpaired) electrons. The van der Waals surface area contributed by atoms with Gasteiger partial charge in [0.1, 0.15) is 0 Å². The minimum atomic E-state index is -0.236. The van der Waals surface area contributed by atoms with Crippen molar-refractivity contribution in [3.05, 3.63) is 69.8 Å². The van der Waals surface area contributed by atoms with E-state index in [-0.39, 0.29) is 8.07 Å². The molecule has 0 aromatic heterocycles. The molecule has 2 aromatic rings. The van der Waals surface area contributed by atoms with Crippen LogP contribution in [0, 0.1) is 27.7 Å². The summed E-state index contributed by atoms with van der Waals surface area (Å²) in [7, 11) is -0.236. The molecule has 0 unspecified atom stereocenters. The Morgan fingerprint density at radius 2 is 1.19 bits per heavy atom. The van der Waals surface area contributed by atoms with Crippen molar-refractivity contribution in [3.8, 4) is 0 Å². The summed E-state index contributed by atoms with van der Waals surface area (Å²) in [5.41, 5.74) is 10.1. The van der Waals surface area contributed by atoms with Crippen molar-refractivity contribution in [2.24, 2.45) is 0 Å². The molecule has 1 aliphatic heterocycles. The molecule has 140 valence electrons. The molecule has 1 nitrogen and oxygen atoms in total. The highest BCUT2D eigenvalue weighted by Gasteiger charge is 2.37. The Balaban J connectivity index is 1.92. The van der Waals surface area contributed by atoms with Crippen LogP contribution in [0.1, 0.15) is 77.3 Å². The van der Waals surface area contributed by atoms with Gasteiger partial charge in [0.15, 0.2) is 0 Å². The van der Waals surface area contributed by atoms with Crippen molar-refractivity contribution in [1.82, 2.24) is 5.09 Å². The van der Waals surface area contributed by atoms with Crippen molar-refractivity contribution in [3.63, 3.8) is 0 Å². The zero-order valence-electron chi connectivity index (χ0n) is 17.1. The van der Waals surface area contributed by atoms with Crippen molar-refractivity contribution < 1.29 is 0 Å². The average Bonchev–Trinajstić information content (AvgIpc) is 2.97. The summed E-state index contributed by atoms with van der Waals surface area (Å²) in [5, 5.41) is 4.02. The van der Waals surface area contributed by atoms with E-state index in [2.05, 4.69) is 76.1 Å². The predicted molar refractivity (Wildman–Crippen MR) is 116 cm³/mol. The van der Waals surface area contributed by atoms with Gasteiger partial charge in [-0.1, -0.05) is 72.0 Å². The highest BCUT2D eigenvalue weighted by Crippen LogP contribution is 2.67. The van der Waals surface area contributed by atoms with Crippen LogP contribution < -0.4 is 5.09 Å². The van der Waals surface area contributed by atoms with Gasteiger partial charge < -0.3 is 0 Å². The summed E-state index contributed by atoms with van der Waals surface area (Å²) in [5.74, 6) is 0. The fourth-order valence-electron chi connectivity index (χ4n) is 4.48. The Labute approximate surface area is 161 Å². The molecule has 2 heteroatoms. The largest absolute Gasteiger partial charge is 0.295 e. The van der Waals surface area contributed by atoms with E-state index in [0.717, 1.165) is 6.54 Å². The zero-order chi connectivity index (χ0) is 18.7. The number of hydrogen-bond acceptors (Lipinski definition) is 1. The maximum Gasteiger partial charge on any atom is 0.0178 e. The number of aryl methyl sites for hydroxylation is 4. The lowest BCUT2D eigenvalue weighted by Crippen LogP contribution is -2.14. The molecule has 1 fully saturated rings. The van der Waals surface area contributed by atoms with E-state index in [1.807, 2.05) is 0 Å². The molecule has 1 heterocycles. The molecule has 0 bridgehead atoms. The Bertz CT molecular complexity index is 652. The van der Waals surface area contributed by atoms with Gasteiger partial charge in [0.25, 0.3) is 0 Å². The third-order valence-corrected chi connectivity index (χ3v) is 8.51. The molecule has 1 N–H and O–H groups in total. The molecule has 0 aliphatic carbocycles. The van der Waals surface area contributed by atoms with E-state index >= 15 is 0 Å². The lowest BCUT2D eigenvalue weighted by molar-refractivity contribution is 0.764. The molecule has 2 aromatic carbocycles. The molecule has 3 rings (SSSR count). The van der Waals surface area contributed by atoms with Crippen LogP contribution in [0.15, 0.2) is 36.4 Å². The minimum absolute atomic E-state index is 0.236. The fraction of sp³-hybridized carbons (Fsp3) is 0.500. The third kappa shape index (κ3) is 4.56. The second-order valence-corrected chi connectivity index (χ2v) is 10.5. The molecule has 2 atom stereocenters. The molecule has 0 saturated carbocycles. The summed E-state index contributed by atoms with van der Waals surface area (Å²) < 4.78 is 0. The quantitative estimate of drug-likeness (QED) is 0.418. The summed E-state index contributed by atoms with van der Waals surface area (Å²) in [6.45, 7) is 12.4. The Kier molecular flexibility index (Phi) is 6.54. The van der Waals surface area contributed by atoms with Crippen molar-refractivity contribution in [2.75, 3.05) is 6.54 Å². The standard InChI is InChI=1S/C24H34NP/c1-6-7-10-25-26-23(21-13-17(2)11-18(3)14-21)8-9-24(26)22-15-19(4)12-20(5)16-22/h11-16,23-25H,6-10H2,1-5H3/t23-,24-/m0/s1. The molecule has 1 aliphatic rings. The number of unbranched alkanes of at least 4 members (excludes halogenated alkanes) is 1. The lowest BCUT2D eigenvalue weighted by Gasteiger charge is -2.28. The van der Waals surface area contributed by atoms with Gasteiger partial charge in [-0.2, -0.15) is 0 Å². The summed E-state index contributed by atoms with van der Waals surface area (Å²) in [4.78, 5) is 0. The first-order chi connectivity index (χ1) is 12.5. The van der Waals surface area contributed by atoms with Crippen molar-refractivity contribution in [2.45, 2.75) is 71.6 Å². The fourth-order valence-corrected chi connectivity index (χ4v) is 7.56. The van der Waals surface area contributed by atoms with Crippen LogP contribution in [0.4, 0.5) is 0 Å². The van der Waals surface area contributed by atoms with E-state index in [0.29, 0.717) is 11.3 Å². The summed E-state index contributed by atoms with van der Waals surface area (Å²) >= 11 is 0. The van der Waals surface area contributed by atoms with Gasteiger partial charge in [0.2, 0.25) is 0 Å². The van der Waals surface area contributed by atoms with Gasteiger partial charge in [-0.25, -0.2) is 0 Å². The van der Waals surface area contributed by atoms with Crippen molar-refractivity contribution >= 4 is 8.07 Å². The first kappa shape index (κ1) is 19.6. The van der Waals surface area contributed by atoms with Gasteiger partial charge in [0.05, 0.1) is 0 Å². The SMILES string of the molecule is CCCCNP1[C@H](c2cc(C)cc(C)c2)CC[C@H]1c1cc(C)cc(C)c1. The Morgan fingerprint density at radius 3 is 1.58 bits per heavy atom. The summed E-state index contributed by atoms with van der Waals surface area (Å²) in [6, 6.07) is 14.3. The molecule has 0 amide bonds. The van der Waals surface area contributed by atoms with Crippen LogP contribution in [0.5, 0.6) is 0 Å². The Hall–Kier alpha value is -1.17. The first-order valence-corrected chi connectivity index (χ1v) is 11.6. The normalized spacial score (nSPS) is 20.7. The van der Waals surface area contributed by atoms with Crippen LogP contribution >= 0.6 is 8.07 Å². The van der Waals surface area contributed by atoms with Crippen LogP contribution in [-0.4, -0.2) is 6.54 Å². The topological polar surface area (TPSA) is 12.0 Å². The van der Waals surface area contributed by atoms with E-state index < -0.39 is 0 Å². The molecule has 1 saturated heterocycles. The highest BCUT2D eigenvalue weighted by atomic mass is 31.1. The van der Waals surface area contributed by atoms with Gasteiger partial charge in [0, 0.05) is 11.3 Å². The monoisotopic (exact) mass is 367 g/mol. The van der Waals surface area contributed by atoms with Crippen LogP contribution in [0.3, 0.4) is 0 Å². The summed E-state index contributed by atoms with van der Waals surface area (Å²) in [6.07, 6.45) is 5.16. The second kappa shape index (κ2) is 8.68. The minimum Gasteiger partial charge on any atom is -0.295 e. The van der Waals surface area contributed by atoms with Gasteiger partial charge in [-0.05, 0) is 72.7 Å². The van der Waals surface area contributed by atoms with E-state index in [4.69, 9.17) is 0 Å².